The topological polar surface area (TPSA) is 0 Å². The highest BCUT2D eigenvalue weighted by Gasteiger charge is 1.81. The quantitative estimate of drug-likeness (QED) is 0.510. The van der Waals surface area contributed by atoms with Crippen LogP contribution in [0.25, 0.3) is 0 Å². The molecule has 0 saturated heterocycles. The minimum absolute atomic E-state index is 0.426. The molecule has 0 atom stereocenters. The molecule has 0 aliphatic heterocycles. The molecule has 0 aliphatic carbocycles. The average molecular weight is 126 g/mol. The van der Waals surface area contributed by atoms with Gasteiger partial charge in [0, 0.05) is 0 Å². The second-order valence-electron chi connectivity index (χ2n) is 1.79. The molecule has 0 nitrogen and oxygen atoms in total. The van der Waals surface area contributed by atoms with Crippen molar-refractivity contribution in [1.82, 2.24) is 0 Å². The lowest BCUT2D eigenvalue weighted by atomic mass is 10.2. The maximum atomic E-state index is 11.9. The van der Waals surface area contributed by atoms with Gasteiger partial charge in [0.25, 0.3) is 0 Å². The van der Waals surface area contributed by atoms with Crippen molar-refractivity contribution >= 4 is 0 Å². The zero-order chi connectivity index (χ0) is 7.28. The predicted octanol–water partition coefficient (Wildman–Crippen LogP) is 2.99. The third-order valence-corrected chi connectivity index (χ3v) is 0.954. The van der Waals surface area contributed by atoms with Crippen LogP contribution in [0.2, 0.25) is 0 Å². The molecule has 0 aromatic rings. The second-order valence-corrected chi connectivity index (χ2v) is 1.79. The normalized spacial score (nSPS) is 10.0. The maximum absolute atomic E-state index is 11.9. The van der Waals surface area contributed by atoms with Gasteiger partial charge >= 0.3 is 0 Å². The van der Waals surface area contributed by atoms with E-state index in [1.54, 1.807) is 6.08 Å². The summed E-state index contributed by atoms with van der Waals surface area (Å²) in [6.45, 7) is 8.68. The zero-order valence-electron chi connectivity index (χ0n) is 5.65. The van der Waals surface area contributed by atoms with Crippen LogP contribution in [0, 0.1) is 0 Å². The van der Waals surface area contributed by atoms with Crippen molar-refractivity contribution in [2.75, 3.05) is 0 Å². The lowest BCUT2D eigenvalue weighted by molar-refractivity contribution is 0.671. The van der Waals surface area contributed by atoms with E-state index in [1.807, 2.05) is 6.92 Å². The lowest BCUT2D eigenvalue weighted by Crippen LogP contribution is -1.68. The van der Waals surface area contributed by atoms with Crippen LogP contribution < -0.4 is 0 Å². The zero-order valence-corrected chi connectivity index (χ0v) is 5.65. The molecule has 0 unspecified atom stereocenters. The molecule has 0 spiro atoms. The Hall–Kier alpha value is -0.850. The van der Waals surface area contributed by atoms with Crippen LogP contribution in [0.4, 0.5) is 4.39 Å². The standard InChI is InChI=1S/C8H11F/c1-4-7(2)5-6-8(3)9/h5-6H,2-4H2,1H3. The van der Waals surface area contributed by atoms with E-state index in [0.29, 0.717) is 0 Å². The summed E-state index contributed by atoms with van der Waals surface area (Å²) in [7, 11) is 0. The van der Waals surface area contributed by atoms with Crippen LogP contribution in [-0.4, -0.2) is 0 Å². The van der Waals surface area contributed by atoms with Gasteiger partial charge < -0.3 is 0 Å². The Kier molecular flexibility index (Phi) is 3.69. The van der Waals surface area contributed by atoms with Crippen LogP contribution in [-0.2, 0) is 0 Å². The number of hydrogen-bond acceptors (Lipinski definition) is 0. The minimum atomic E-state index is -0.426. The Bertz CT molecular complexity index is 143. The first-order chi connectivity index (χ1) is 4.16. The molecule has 1 heteroatoms. The van der Waals surface area contributed by atoms with Crippen molar-refractivity contribution in [3.05, 3.63) is 36.7 Å². The summed E-state index contributed by atoms with van der Waals surface area (Å²) in [5, 5.41) is 0. The van der Waals surface area contributed by atoms with E-state index in [9.17, 15) is 4.39 Å². The fourth-order valence-corrected chi connectivity index (χ4v) is 0.326. The van der Waals surface area contributed by atoms with Gasteiger partial charge in [-0.05, 0) is 12.5 Å². The van der Waals surface area contributed by atoms with Crippen molar-refractivity contribution < 1.29 is 4.39 Å². The Balaban J connectivity index is 3.71. The highest BCUT2D eigenvalue weighted by atomic mass is 19.1. The van der Waals surface area contributed by atoms with E-state index in [-0.39, 0.29) is 0 Å². The SMILES string of the molecule is C=C(F)C=CC(=C)CC. The van der Waals surface area contributed by atoms with Gasteiger partial charge in [-0.2, -0.15) is 0 Å². The van der Waals surface area contributed by atoms with Crippen molar-refractivity contribution in [1.29, 1.82) is 0 Å². The third kappa shape index (κ3) is 5.01. The Labute approximate surface area is 55.4 Å². The summed E-state index contributed by atoms with van der Waals surface area (Å²) in [4.78, 5) is 0. The highest BCUT2D eigenvalue weighted by molar-refractivity contribution is 5.20. The smallest absolute Gasteiger partial charge is 0.116 e. The third-order valence-electron chi connectivity index (χ3n) is 0.954. The van der Waals surface area contributed by atoms with Crippen LogP contribution >= 0.6 is 0 Å². The molecule has 50 valence electrons. The van der Waals surface area contributed by atoms with E-state index < -0.39 is 5.83 Å². The number of hydrogen-bond donors (Lipinski definition) is 0. The van der Waals surface area contributed by atoms with Gasteiger partial charge in [0.15, 0.2) is 0 Å². The van der Waals surface area contributed by atoms with Crippen molar-refractivity contribution in [3.63, 3.8) is 0 Å². The first-order valence-corrected chi connectivity index (χ1v) is 2.87. The fourth-order valence-electron chi connectivity index (χ4n) is 0.326. The van der Waals surface area contributed by atoms with Gasteiger partial charge in [0.05, 0.1) is 0 Å². The summed E-state index contributed by atoms with van der Waals surface area (Å²) in [5.41, 5.74) is 0.911. The molecule has 0 bridgehead atoms. The number of rotatable bonds is 3. The molecule has 0 aromatic heterocycles. The summed E-state index contributed by atoms with van der Waals surface area (Å²) in [6, 6.07) is 0. The second kappa shape index (κ2) is 4.07. The summed E-state index contributed by atoms with van der Waals surface area (Å²) < 4.78 is 11.9. The van der Waals surface area contributed by atoms with Crippen molar-refractivity contribution in [2.24, 2.45) is 0 Å². The van der Waals surface area contributed by atoms with Crippen molar-refractivity contribution in [2.45, 2.75) is 13.3 Å². The lowest BCUT2D eigenvalue weighted by Gasteiger charge is -1.88. The van der Waals surface area contributed by atoms with E-state index >= 15 is 0 Å². The van der Waals surface area contributed by atoms with Gasteiger partial charge in [0.2, 0.25) is 0 Å². The van der Waals surface area contributed by atoms with Gasteiger partial charge in [-0.15, -0.1) is 0 Å². The fraction of sp³-hybridized carbons (Fsp3) is 0.250. The number of halogens is 1. The maximum Gasteiger partial charge on any atom is 0.116 e. The molecule has 0 aliphatic rings. The first kappa shape index (κ1) is 8.15. The summed E-state index contributed by atoms with van der Waals surface area (Å²) in [6.07, 6.45) is 3.79. The molecule has 0 rings (SSSR count). The Morgan fingerprint density at radius 1 is 1.44 bits per heavy atom. The highest BCUT2D eigenvalue weighted by Crippen LogP contribution is 2.01. The van der Waals surface area contributed by atoms with Gasteiger partial charge in [0.1, 0.15) is 5.83 Å². The molecule has 0 amide bonds. The van der Waals surface area contributed by atoms with Crippen LogP contribution in [0.5, 0.6) is 0 Å². The summed E-state index contributed by atoms with van der Waals surface area (Å²) in [5.74, 6) is -0.426. The molecule has 0 radical (unpaired) electrons. The summed E-state index contributed by atoms with van der Waals surface area (Å²) >= 11 is 0. The van der Waals surface area contributed by atoms with Gasteiger partial charge in [-0.25, -0.2) is 4.39 Å². The van der Waals surface area contributed by atoms with Crippen LogP contribution in [0.1, 0.15) is 13.3 Å². The number of allylic oxidation sites excluding steroid dienone is 4. The monoisotopic (exact) mass is 126 g/mol. The Morgan fingerprint density at radius 3 is 2.33 bits per heavy atom. The van der Waals surface area contributed by atoms with Crippen LogP contribution in [0.15, 0.2) is 36.7 Å². The van der Waals surface area contributed by atoms with Crippen LogP contribution in [0.3, 0.4) is 0 Å². The molecule has 9 heavy (non-hydrogen) atoms. The first-order valence-electron chi connectivity index (χ1n) is 2.87. The van der Waals surface area contributed by atoms with E-state index in [1.165, 1.54) is 6.08 Å². The van der Waals surface area contributed by atoms with E-state index in [0.717, 1.165) is 12.0 Å². The molecular weight excluding hydrogens is 115 g/mol. The van der Waals surface area contributed by atoms with E-state index in [2.05, 4.69) is 13.2 Å². The molecule has 0 heterocycles. The molecule has 0 aromatic carbocycles. The largest absolute Gasteiger partial charge is 0.208 e. The predicted molar refractivity (Wildman–Crippen MR) is 38.8 cm³/mol. The minimum Gasteiger partial charge on any atom is -0.208 e. The molecule has 0 N–H and O–H groups in total. The molecular formula is C8H11F. The van der Waals surface area contributed by atoms with E-state index in [4.69, 9.17) is 0 Å². The average Bonchev–Trinajstić information content (AvgIpc) is 1.83. The molecule has 0 saturated carbocycles. The van der Waals surface area contributed by atoms with Gasteiger partial charge in [-0.1, -0.05) is 31.7 Å². The Morgan fingerprint density at radius 2 is 2.00 bits per heavy atom. The van der Waals surface area contributed by atoms with Crippen molar-refractivity contribution in [3.8, 4) is 0 Å². The molecule has 0 fully saturated rings. The van der Waals surface area contributed by atoms with Gasteiger partial charge in [-0.3, -0.25) is 0 Å².